The fraction of sp³-hybridized carbons (Fsp3) is 0.100. The largest absolute Gasteiger partial charge is 0.310 e. The number of hydrogen-bond acceptors (Lipinski definition) is 1. The molecule has 0 saturated carbocycles. The third kappa shape index (κ3) is 4.07. The van der Waals surface area contributed by atoms with Gasteiger partial charge in [-0.05, 0) is 101 Å². The first-order chi connectivity index (χ1) is 11.0. The van der Waals surface area contributed by atoms with Gasteiger partial charge in [0, 0.05) is 24.2 Å². The molecule has 3 aromatic rings. The number of anilines is 3. The van der Waals surface area contributed by atoms with Gasteiger partial charge in [0.25, 0.3) is 0 Å². The molecule has 1 nitrogen and oxygen atoms in total. The highest BCUT2D eigenvalue weighted by Gasteiger charge is 2.13. The van der Waals surface area contributed by atoms with Crippen molar-refractivity contribution in [2.45, 2.75) is 13.8 Å². The molecule has 0 aromatic heterocycles. The molecule has 0 heterocycles. The van der Waals surface area contributed by atoms with Gasteiger partial charge >= 0.3 is 0 Å². The van der Waals surface area contributed by atoms with Crippen LogP contribution in [0.2, 0.25) is 0 Å². The van der Waals surface area contributed by atoms with Crippen LogP contribution in [0.5, 0.6) is 0 Å². The Kier molecular flexibility index (Phi) is 5.26. The van der Waals surface area contributed by atoms with Crippen molar-refractivity contribution in [1.29, 1.82) is 0 Å². The zero-order valence-corrected chi connectivity index (χ0v) is 17.4. The van der Waals surface area contributed by atoms with E-state index in [0.717, 1.165) is 0 Å². The molecule has 0 aliphatic carbocycles. The van der Waals surface area contributed by atoms with Crippen molar-refractivity contribution in [3.05, 3.63) is 85.0 Å². The minimum Gasteiger partial charge on any atom is -0.310 e. The predicted molar refractivity (Wildman–Crippen MR) is 116 cm³/mol. The van der Waals surface area contributed by atoms with Crippen molar-refractivity contribution >= 4 is 62.2 Å². The van der Waals surface area contributed by atoms with Gasteiger partial charge < -0.3 is 4.90 Å². The first-order valence-corrected chi connectivity index (χ1v) is 9.58. The fourth-order valence-electron chi connectivity index (χ4n) is 2.50. The van der Waals surface area contributed by atoms with E-state index in [0.29, 0.717) is 0 Å². The Hall–Kier alpha value is -1.08. The van der Waals surface area contributed by atoms with Gasteiger partial charge in [-0.25, -0.2) is 0 Å². The summed E-state index contributed by atoms with van der Waals surface area (Å²) in [7, 11) is 0. The van der Waals surface area contributed by atoms with E-state index in [1.807, 2.05) is 0 Å². The van der Waals surface area contributed by atoms with Gasteiger partial charge in [0.1, 0.15) is 0 Å². The molecule has 0 radical (unpaired) electrons. The maximum atomic E-state index is 2.38. The predicted octanol–water partition coefficient (Wildman–Crippen LogP) is 6.98. The summed E-state index contributed by atoms with van der Waals surface area (Å²) in [5, 5.41) is 0. The standard InChI is InChI=1S/C20H17I2N/c1-14-3-7-18(8-4-14)23(19-9-5-15(2)6-10-19)20-12-16(21)11-17(22)13-20/h3-13H,1-2H3. The Morgan fingerprint density at radius 2 is 0.957 bits per heavy atom. The Balaban J connectivity index is 2.16. The molecule has 0 amide bonds. The second kappa shape index (κ2) is 7.21. The molecular formula is C20H17I2N. The third-order valence-electron chi connectivity index (χ3n) is 3.69. The van der Waals surface area contributed by atoms with Crippen LogP contribution in [0.4, 0.5) is 17.1 Å². The van der Waals surface area contributed by atoms with Gasteiger partial charge in [0.05, 0.1) is 0 Å². The zero-order valence-electron chi connectivity index (χ0n) is 13.1. The summed E-state index contributed by atoms with van der Waals surface area (Å²) in [6, 6.07) is 24.0. The zero-order chi connectivity index (χ0) is 16.4. The van der Waals surface area contributed by atoms with Crippen molar-refractivity contribution in [3.8, 4) is 0 Å². The van der Waals surface area contributed by atoms with Crippen LogP contribution in [0.1, 0.15) is 11.1 Å². The van der Waals surface area contributed by atoms with Gasteiger partial charge in [0.15, 0.2) is 0 Å². The molecule has 0 fully saturated rings. The lowest BCUT2D eigenvalue weighted by molar-refractivity contribution is 1.26. The highest BCUT2D eigenvalue weighted by atomic mass is 127. The van der Waals surface area contributed by atoms with Gasteiger partial charge in [-0.3, -0.25) is 0 Å². The monoisotopic (exact) mass is 525 g/mol. The SMILES string of the molecule is Cc1ccc(N(c2ccc(C)cc2)c2cc(I)cc(I)c2)cc1. The number of rotatable bonds is 3. The first-order valence-electron chi connectivity index (χ1n) is 7.42. The summed E-state index contributed by atoms with van der Waals surface area (Å²) in [5.41, 5.74) is 6.09. The maximum Gasteiger partial charge on any atom is 0.0482 e. The smallest absolute Gasteiger partial charge is 0.0482 e. The van der Waals surface area contributed by atoms with Crippen LogP contribution < -0.4 is 4.90 Å². The molecule has 3 heteroatoms. The van der Waals surface area contributed by atoms with Crippen LogP contribution in [0.15, 0.2) is 66.7 Å². The van der Waals surface area contributed by atoms with Crippen molar-refractivity contribution in [1.82, 2.24) is 0 Å². The molecule has 0 aliphatic rings. The highest BCUT2D eigenvalue weighted by Crippen LogP contribution is 2.36. The lowest BCUT2D eigenvalue weighted by Crippen LogP contribution is -2.10. The molecule has 3 aromatic carbocycles. The molecule has 23 heavy (non-hydrogen) atoms. The van der Waals surface area contributed by atoms with Gasteiger partial charge in [-0.15, -0.1) is 0 Å². The number of hydrogen-bond donors (Lipinski definition) is 0. The van der Waals surface area contributed by atoms with Crippen molar-refractivity contribution in [2.75, 3.05) is 4.90 Å². The molecule has 3 rings (SSSR count). The Morgan fingerprint density at radius 1 is 0.565 bits per heavy atom. The third-order valence-corrected chi connectivity index (χ3v) is 4.94. The minimum absolute atomic E-state index is 1.18. The van der Waals surface area contributed by atoms with E-state index in [2.05, 4.69) is 131 Å². The average molecular weight is 525 g/mol. The van der Waals surface area contributed by atoms with E-state index >= 15 is 0 Å². The van der Waals surface area contributed by atoms with Gasteiger partial charge in [-0.2, -0.15) is 0 Å². The van der Waals surface area contributed by atoms with Crippen molar-refractivity contribution in [2.24, 2.45) is 0 Å². The van der Waals surface area contributed by atoms with E-state index in [4.69, 9.17) is 0 Å². The van der Waals surface area contributed by atoms with Crippen LogP contribution in [0.25, 0.3) is 0 Å². The molecule has 0 N–H and O–H groups in total. The second-order valence-corrected chi connectivity index (χ2v) is 8.13. The number of nitrogens with zero attached hydrogens (tertiary/aromatic N) is 1. The van der Waals surface area contributed by atoms with Crippen LogP contribution in [-0.4, -0.2) is 0 Å². The fourth-order valence-corrected chi connectivity index (χ4v) is 4.41. The summed E-state index contributed by atoms with van der Waals surface area (Å²) in [6.45, 7) is 4.24. The average Bonchev–Trinajstić information content (AvgIpc) is 2.50. The summed E-state index contributed by atoms with van der Waals surface area (Å²) >= 11 is 4.76. The quantitative estimate of drug-likeness (QED) is 0.334. The van der Waals surface area contributed by atoms with E-state index < -0.39 is 0 Å². The molecule has 0 spiro atoms. The number of aryl methyl sites for hydroxylation is 2. The molecule has 0 bridgehead atoms. The van der Waals surface area contributed by atoms with Crippen LogP contribution in [0.3, 0.4) is 0 Å². The highest BCUT2D eigenvalue weighted by molar-refractivity contribution is 14.1. The van der Waals surface area contributed by atoms with E-state index in [9.17, 15) is 0 Å². The Bertz CT molecular complexity index is 742. The Labute approximate surface area is 165 Å². The molecule has 0 saturated heterocycles. The molecule has 116 valence electrons. The van der Waals surface area contributed by atoms with E-state index in [1.165, 1.54) is 35.3 Å². The lowest BCUT2D eigenvalue weighted by atomic mass is 10.1. The summed E-state index contributed by atoms with van der Waals surface area (Å²) in [5.74, 6) is 0. The minimum atomic E-state index is 1.18. The van der Waals surface area contributed by atoms with Crippen molar-refractivity contribution in [3.63, 3.8) is 0 Å². The molecule has 0 unspecified atom stereocenters. The van der Waals surface area contributed by atoms with Crippen molar-refractivity contribution < 1.29 is 0 Å². The summed E-state index contributed by atoms with van der Waals surface area (Å²) in [4.78, 5) is 2.31. The van der Waals surface area contributed by atoms with Crippen LogP contribution in [0, 0.1) is 21.0 Å². The second-order valence-electron chi connectivity index (χ2n) is 5.63. The van der Waals surface area contributed by atoms with Gasteiger partial charge in [0.2, 0.25) is 0 Å². The molecule has 0 aliphatic heterocycles. The number of halogens is 2. The normalized spacial score (nSPS) is 10.6. The lowest BCUT2D eigenvalue weighted by Gasteiger charge is -2.26. The first kappa shape index (κ1) is 16.8. The molecule has 0 atom stereocenters. The molecular weight excluding hydrogens is 508 g/mol. The van der Waals surface area contributed by atoms with E-state index in [1.54, 1.807) is 0 Å². The van der Waals surface area contributed by atoms with E-state index in [-0.39, 0.29) is 0 Å². The van der Waals surface area contributed by atoms with Gasteiger partial charge in [-0.1, -0.05) is 35.4 Å². The summed E-state index contributed by atoms with van der Waals surface area (Å²) in [6.07, 6.45) is 0. The maximum absolute atomic E-state index is 2.38. The van der Waals surface area contributed by atoms with Crippen LogP contribution >= 0.6 is 45.2 Å². The van der Waals surface area contributed by atoms with Crippen LogP contribution in [-0.2, 0) is 0 Å². The topological polar surface area (TPSA) is 3.24 Å². The Morgan fingerprint density at radius 3 is 1.35 bits per heavy atom. The summed E-state index contributed by atoms with van der Waals surface area (Å²) < 4.78 is 2.49. The number of benzene rings is 3.